The van der Waals surface area contributed by atoms with Gasteiger partial charge < -0.3 is 39.8 Å². The minimum atomic E-state index is -1.52. The van der Waals surface area contributed by atoms with Crippen molar-refractivity contribution in [2.24, 2.45) is 4.99 Å². The van der Waals surface area contributed by atoms with E-state index < -0.39 is 29.8 Å². The fraction of sp³-hybridized carbons (Fsp3) is 0.600. The number of aliphatic hydroxyl groups is 1. The summed E-state index contributed by atoms with van der Waals surface area (Å²) in [5.74, 6) is 0.721. The van der Waals surface area contributed by atoms with Gasteiger partial charge in [-0.1, -0.05) is 12.7 Å². The topological polar surface area (TPSA) is 148 Å². The smallest absolute Gasteiger partial charge is 0.251 e. The molecule has 3 aliphatic rings. The van der Waals surface area contributed by atoms with Crippen LogP contribution in [-0.2, 0) is 14.3 Å². The van der Waals surface area contributed by atoms with E-state index in [2.05, 4.69) is 43.1 Å². The van der Waals surface area contributed by atoms with Gasteiger partial charge in [0.2, 0.25) is 5.88 Å². The normalized spacial score (nSPS) is 23.9. The van der Waals surface area contributed by atoms with E-state index in [0.717, 1.165) is 45.1 Å². The highest BCUT2D eigenvalue weighted by atomic mass is 19.1. The number of methoxy groups -OCH3 is 1. The molecule has 1 unspecified atom stereocenters. The fourth-order valence-corrected chi connectivity index (χ4v) is 5.38. The van der Waals surface area contributed by atoms with Crippen LogP contribution in [0, 0.1) is 11.3 Å². The van der Waals surface area contributed by atoms with Crippen molar-refractivity contribution in [3.05, 3.63) is 36.6 Å². The number of allylic oxidation sites excluding steroid dienone is 2. The van der Waals surface area contributed by atoms with Gasteiger partial charge in [-0.25, -0.2) is 4.39 Å². The van der Waals surface area contributed by atoms with Crippen LogP contribution in [0.15, 0.2) is 41.6 Å². The fourth-order valence-electron chi connectivity index (χ4n) is 5.38. The number of rotatable bonds is 10. The summed E-state index contributed by atoms with van der Waals surface area (Å²) in [6.07, 6.45) is -0.515. The van der Waals surface area contributed by atoms with E-state index >= 15 is 4.39 Å². The highest BCUT2D eigenvalue weighted by Crippen LogP contribution is 2.30. The molecule has 0 spiro atoms. The van der Waals surface area contributed by atoms with Crippen molar-refractivity contribution in [1.29, 1.82) is 5.26 Å². The van der Waals surface area contributed by atoms with E-state index in [4.69, 9.17) is 14.2 Å². The van der Waals surface area contributed by atoms with Crippen molar-refractivity contribution in [2.45, 2.75) is 50.2 Å². The van der Waals surface area contributed by atoms with E-state index in [1.54, 1.807) is 21.1 Å². The number of nitriles is 1. The summed E-state index contributed by atoms with van der Waals surface area (Å²) in [4.78, 5) is 27.0. The number of nitrogens with one attached hydrogen (secondary N) is 2. The Bertz CT molecular complexity index is 1270. The van der Waals surface area contributed by atoms with E-state index in [1.165, 1.54) is 24.0 Å². The first-order valence-electron chi connectivity index (χ1n) is 14.8. The van der Waals surface area contributed by atoms with Crippen LogP contribution in [0.2, 0.25) is 0 Å². The molecule has 1 aromatic rings. The molecule has 14 heteroatoms. The number of halogens is 1. The highest BCUT2D eigenvalue weighted by Gasteiger charge is 2.39. The quantitative estimate of drug-likeness (QED) is 0.152. The summed E-state index contributed by atoms with van der Waals surface area (Å²) in [5.41, 5.74) is -0.587. The van der Waals surface area contributed by atoms with Crippen molar-refractivity contribution in [1.82, 2.24) is 20.1 Å². The number of aromatic nitrogens is 1. The first-order valence-corrected chi connectivity index (χ1v) is 14.8. The van der Waals surface area contributed by atoms with Gasteiger partial charge in [-0.05, 0) is 32.1 Å². The van der Waals surface area contributed by atoms with Crippen LogP contribution in [-0.4, -0.2) is 128 Å². The van der Waals surface area contributed by atoms with Gasteiger partial charge in [-0.3, -0.25) is 14.7 Å². The molecule has 1 aromatic heterocycles. The van der Waals surface area contributed by atoms with Crippen LogP contribution in [0.1, 0.15) is 20.3 Å². The molecule has 3 N–H and O–H groups in total. The SMILES string of the molecule is C=C/C=C(/O[C@@H]1CCN(C(=O)[C@H](C)O)C[C@@H]1F)C(C)(C#N)NC(=NC)Nc1ccc(N2CCN(C3COC3)CC2)c(OC)n1. The average Bonchev–Trinajstić information content (AvgIpc) is 3.00. The Morgan fingerprint density at radius 3 is 2.61 bits per heavy atom. The molecule has 3 fully saturated rings. The zero-order valence-corrected chi connectivity index (χ0v) is 25.8. The monoisotopic (exact) mass is 614 g/mol. The lowest BCUT2D eigenvalue weighted by Gasteiger charge is -2.43. The summed E-state index contributed by atoms with van der Waals surface area (Å²) in [5, 5.41) is 26.0. The lowest BCUT2D eigenvalue weighted by molar-refractivity contribution is -0.144. The lowest BCUT2D eigenvalue weighted by atomic mass is 9.99. The summed E-state index contributed by atoms with van der Waals surface area (Å²) in [7, 11) is 3.12. The van der Waals surface area contributed by atoms with Gasteiger partial charge >= 0.3 is 0 Å². The van der Waals surface area contributed by atoms with Gasteiger partial charge in [-0.2, -0.15) is 10.2 Å². The Morgan fingerprint density at radius 1 is 1.34 bits per heavy atom. The second-order valence-corrected chi connectivity index (χ2v) is 11.2. The molecule has 4 heterocycles. The molecule has 4 atom stereocenters. The third-order valence-corrected chi connectivity index (χ3v) is 8.08. The number of hydrogen-bond acceptors (Lipinski definition) is 10. The number of anilines is 2. The van der Waals surface area contributed by atoms with Gasteiger partial charge in [-0.15, -0.1) is 0 Å². The maximum absolute atomic E-state index is 15.1. The minimum absolute atomic E-state index is 0.134. The van der Waals surface area contributed by atoms with E-state index in [9.17, 15) is 15.2 Å². The molecule has 0 radical (unpaired) electrons. The van der Waals surface area contributed by atoms with Crippen molar-refractivity contribution in [2.75, 3.05) is 76.9 Å². The number of pyridine rings is 1. The second kappa shape index (κ2) is 14.7. The number of aliphatic imine (C=N–C) groups is 1. The third-order valence-electron chi connectivity index (χ3n) is 8.08. The summed E-state index contributed by atoms with van der Waals surface area (Å²) in [6.45, 7) is 11.8. The summed E-state index contributed by atoms with van der Waals surface area (Å²) in [6, 6.07) is 6.46. The van der Waals surface area contributed by atoms with Crippen LogP contribution in [0.4, 0.5) is 15.9 Å². The van der Waals surface area contributed by atoms with Crippen LogP contribution >= 0.6 is 0 Å². The summed E-state index contributed by atoms with van der Waals surface area (Å²) >= 11 is 0. The standard InChI is InChI=1S/C30H43FN8O5/c1-6-7-25(44-24-10-11-39(16-22(24)31)28(41)20(2)40)30(3,19-32)36-29(33-4)35-26-9-8-23(27(34-26)42-5)38-14-12-37(13-15-38)21-17-43-18-21/h6-9,20-22,24,40H,1,10-18H2,2-5H3,(H2,33,34,35,36)/b25-7+/t20-,22-,24+,30?/m0/s1. The maximum atomic E-state index is 15.1. The average molecular weight is 615 g/mol. The first kappa shape index (κ1) is 33.0. The van der Waals surface area contributed by atoms with Gasteiger partial charge in [0.25, 0.3) is 5.91 Å². The Balaban J connectivity index is 1.42. The highest BCUT2D eigenvalue weighted by molar-refractivity contribution is 5.94. The van der Waals surface area contributed by atoms with Crippen molar-refractivity contribution in [3.8, 4) is 11.9 Å². The predicted octanol–water partition coefficient (Wildman–Crippen LogP) is 1.29. The van der Waals surface area contributed by atoms with Crippen molar-refractivity contribution < 1.29 is 28.5 Å². The number of piperidine rings is 1. The van der Waals surface area contributed by atoms with Crippen LogP contribution in [0.25, 0.3) is 0 Å². The minimum Gasteiger partial charge on any atom is -0.488 e. The lowest BCUT2D eigenvalue weighted by Crippen LogP contribution is -2.56. The number of alkyl halides is 1. The Kier molecular flexibility index (Phi) is 11.0. The van der Waals surface area contributed by atoms with Gasteiger partial charge in [0, 0.05) is 46.2 Å². The molecule has 1 amide bonds. The predicted molar refractivity (Wildman–Crippen MR) is 164 cm³/mol. The van der Waals surface area contributed by atoms with Crippen LogP contribution in [0.3, 0.4) is 0 Å². The largest absolute Gasteiger partial charge is 0.488 e. The van der Waals surface area contributed by atoms with E-state index in [1.807, 2.05) is 12.1 Å². The number of hydrogen-bond donors (Lipinski definition) is 3. The molecule has 0 bridgehead atoms. The molecule has 0 aliphatic carbocycles. The number of carbonyl (C=O) groups excluding carboxylic acids is 1. The number of carbonyl (C=O) groups is 1. The zero-order chi connectivity index (χ0) is 31.9. The molecule has 3 saturated heterocycles. The second-order valence-electron chi connectivity index (χ2n) is 11.2. The number of amides is 1. The number of likely N-dealkylation sites (tertiary alicyclic amines) is 1. The number of ether oxygens (including phenoxy) is 3. The molecule has 0 saturated carbocycles. The maximum Gasteiger partial charge on any atom is 0.251 e. The van der Waals surface area contributed by atoms with Crippen molar-refractivity contribution >= 4 is 23.4 Å². The molecule has 240 valence electrons. The van der Waals surface area contributed by atoms with E-state index in [0.29, 0.717) is 17.7 Å². The molecule has 13 nitrogen and oxygen atoms in total. The zero-order valence-electron chi connectivity index (χ0n) is 25.8. The van der Waals surface area contributed by atoms with E-state index in [-0.39, 0.29) is 31.2 Å². The molecule has 4 rings (SSSR count). The Labute approximate surface area is 258 Å². The summed E-state index contributed by atoms with van der Waals surface area (Å²) < 4.78 is 32.1. The molecule has 3 aliphatic heterocycles. The number of aliphatic hydroxyl groups excluding tert-OH is 1. The first-order chi connectivity index (χ1) is 21.1. The Morgan fingerprint density at radius 2 is 2.07 bits per heavy atom. The number of piperazine rings is 1. The molecule has 44 heavy (non-hydrogen) atoms. The molecular weight excluding hydrogens is 571 g/mol. The van der Waals surface area contributed by atoms with Crippen molar-refractivity contribution in [3.63, 3.8) is 0 Å². The van der Waals surface area contributed by atoms with Gasteiger partial charge in [0.05, 0.1) is 39.0 Å². The van der Waals surface area contributed by atoms with Crippen LogP contribution < -0.4 is 20.3 Å². The van der Waals surface area contributed by atoms with Crippen LogP contribution in [0.5, 0.6) is 5.88 Å². The van der Waals surface area contributed by atoms with Gasteiger partial charge in [0.1, 0.15) is 29.5 Å². The molecule has 0 aromatic carbocycles. The Hall–Kier alpha value is -3.93. The van der Waals surface area contributed by atoms with Gasteiger partial charge in [0.15, 0.2) is 17.7 Å². The molecular formula is C30H43FN8O5. The third kappa shape index (κ3) is 7.58. The number of nitrogens with zero attached hydrogens (tertiary/aromatic N) is 6. The number of guanidine groups is 1.